The van der Waals surface area contributed by atoms with E-state index in [2.05, 4.69) is 22.0 Å². The average molecular weight is 532 g/mol. The molecule has 0 aliphatic carbocycles. The Bertz CT molecular complexity index is 1090. The Morgan fingerprint density at radius 1 is 1.47 bits per heavy atom. The van der Waals surface area contributed by atoms with Crippen molar-refractivity contribution < 1.29 is 93.6 Å². The van der Waals surface area contributed by atoms with E-state index in [9.17, 15) is 19.5 Å². The second kappa shape index (κ2) is 11.7. The van der Waals surface area contributed by atoms with Gasteiger partial charge in [0.1, 0.15) is 22.8 Å². The molecule has 3 rings (SSSR count). The monoisotopic (exact) mass is 531 g/mol. The number of thioether (sulfide) groups is 1. The van der Waals surface area contributed by atoms with Crippen molar-refractivity contribution >= 4 is 62.1 Å². The SMILES string of the molecule is C=CC1=C(C(=O)O)N2C(=O)[C@@H](NC(=O)/C(=N\O)c3csc(N)n3)[C@H]2SC1.O=S(=O)([O-])O.[K+]. The van der Waals surface area contributed by atoms with Crippen LogP contribution in [0.4, 0.5) is 5.13 Å². The summed E-state index contributed by atoms with van der Waals surface area (Å²) < 4.78 is 32.8. The van der Waals surface area contributed by atoms with Crippen molar-refractivity contribution in [3.8, 4) is 0 Å². The Morgan fingerprint density at radius 3 is 2.50 bits per heavy atom. The molecule has 0 saturated carbocycles. The largest absolute Gasteiger partial charge is 1.00 e. The van der Waals surface area contributed by atoms with Crippen LogP contribution in [0.5, 0.6) is 0 Å². The number of hydrogen-bond acceptors (Lipinski definition) is 12. The van der Waals surface area contributed by atoms with E-state index < -0.39 is 39.6 Å². The zero-order valence-electron chi connectivity index (χ0n) is 16.2. The summed E-state index contributed by atoms with van der Waals surface area (Å²) in [4.78, 5) is 41.2. The number of β-lactam (4-membered cyclic amide) rings is 1. The van der Waals surface area contributed by atoms with Crippen LogP contribution in [-0.2, 0) is 24.8 Å². The van der Waals surface area contributed by atoms with E-state index in [-0.39, 0.29) is 73.6 Å². The van der Waals surface area contributed by atoms with Gasteiger partial charge < -0.3 is 25.9 Å². The first kappa shape index (κ1) is 28.7. The average Bonchev–Trinajstić information content (AvgIpc) is 3.09. The van der Waals surface area contributed by atoms with Crippen LogP contribution in [0, 0.1) is 0 Å². The van der Waals surface area contributed by atoms with E-state index >= 15 is 0 Å². The number of carbonyl (C=O) groups is 3. The minimum atomic E-state index is -4.92. The van der Waals surface area contributed by atoms with Crippen molar-refractivity contribution in [1.82, 2.24) is 15.2 Å². The van der Waals surface area contributed by atoms with Gasteiger partial charge in [0.15, 0.2) is 10.8 Å². The topological polar surface area (TPSA) is 236 Å². The normalized spacial score (nSPS) is 20.1. The molecule has 0 spiro atoms. The van der Waals surface area contributed by atoms with Gasteiger partial charge in [0.25, 0.3) is 11.8 Å². The summed E-state index contributed by atoms with van der Waals surface area (Å²) in [6, 6.07) is -0.944. The number of allylic oxidation sites excluding steroid dienone is 1. The third-order valence-electron chi connectivity index (χ3n) is 3.81. The van der Waals surface area contributed by atoms with Crippen LogP contribution in [0.2, 0.25) is 0 Å². The molecule has 32 heavy (non-hydrogen) atoms. The summed E-state index contributed by atoms with van der Waals surface area (Å²) in [7, 11) is -4.92. The second-order valence-electron chi connectivity index (χ2n) is 5.69. The molecule has 3 heterocycles. The van der Waals surface area contributed by atoms with Gasteiger partial charge in [0, 0.05) is 11.1 Å². The van der Waals surface area contributed by atoms with Crippen molar-refractivity contribution in [2.75, 3.05) is 11.5 Å². The summed E-state index contributed by atoms with van der Waals surface area (Å²) in [6.07, 6.45) is 1.40. The number of nitrogen functional groups attached to an aromatic ring is 1. The van der Waals surface area contributed by atoms with Gasteiger partial charge in [-0.05, 0) is 5.57 Å². The maximum atomic E-state index is 12.4. The molecule has 1 fully saturated rings. The van der Waals surface area contributed by atoms with E-state index in [0.717, 1.165) is 16.2 Å². The Balaban J connectivity index is 0.000000770. The van der Waals surface area contributed by atoms with E-state index in [1.54, 1.807) is 0 Å². The number of amides is 2. The number of hydrogen-bond donors (Lipinski definition) is 5. The van der Waals surface area contributed by atoms with E-state index in [1.807, 2.05) is 0 Å². The number of nitrogens with zero attached hydrogens (tertiary/aromatic N) is 3. The molecule has 1 aromatic heterocycles. The molecular weight excluding hydrogens is 517 g/mol. The van der Waals surface area contributed by atoms with E-state index in [1.165, 1.54) is 23.2 Å². The molecule has 6 N–H and O–H groups in total. The number of thiazole rings is 1. The number of carboxylic acid groups (broad SMARTS) is 1. The van der Waals surface area contributed by atoms with Gasteiger partial charge in [0.2, 0.25) is 10.4 Å². The van der Waals surface area contributed by atoms with Gasteiger partial charge in [-0.3, -0.25) is 19.0 Å². The van der Waals surface area contributed by atoms with Crippen LogP contribution in [-0.4, -0.2) is 78.4 Å². The molecule has 0 bridgehead atoms. The Kier molecular flexibility index (Phi) is 10.5. The molecule has 1 saturated heterocycles. The first-order valence-electron chi connectivity index (χ1n) is 7.85. The van der Waals surface area contributed by atoms with Crippen LogP contribution in [0.15, 0.2) is 34.5 Å². The third-order valence-corrected chi connectivity index (χ3v) is 5.79. The maximum absolute atomic E-state index is 12.4. The fourth-order valence-electron chi connectivity index (χ4n) is 2.62. The molecule has 2 aliphatic heterocycles. The van der Waals surface area contributed by atoms with Crippen molar-refractivity contribution in [3.05, 3.63) is 35.0 Å². The van der Waals surface area contributed by atoms with Gasteiger partial charge in [0.05, 0.1) is 0 Å². The van der Waals surface area contributed by atoms with Crippen LogP contribution in [0.1, 0.15) is 5.69 Å². The number of anilines is 1. The molecule has 168 valence electrons. The zero-order valence-corrected chi connectivity index (χ0v) is 21.7. The zero-order chi connectivity index (χ0) is 23.5. The molecule has 2 atom stereocenters. The Labute approximate surface area is 231 Å². The quantitative estimate of drug-likeness (QED) is 0.0463. The molecule has 2 aliphatic rings. The Hall–Kier alpha value is -1.35. The predicted octanol–water partition coefficient (Wildman–Crippen LogP) is -4.16. The van der Waals surface area contributed by atoms with Crippen LogP contribution >= 0.6 is 23.1 Å². The second-order valence-corrected chi connectivity index (χ2v) is 8.54. The number of oxime groups is 1. The maximum Gasteiger partial charge on any atom is 1.00 e. The van der Waals surface area contributed by atoms with Crippen LogP contribution in [0.25, 0.3) is 0 Å². The predicted molar refractivity (Wildman–Crippen MR) is 107 cm³/mol. The molecule has 14 nitrogen and oxygen atoms in total. The molecule has 18 heteroatoms. The van der Waals surface area contributed by atoms with E-state index in [4.69, 9.17) is 28.5 Å². The number of carboxylic acids is 1. The number of nitrogens with two attached hydrogens (primary N) is 1. The van der Waals surface area contributed by atoms with Crippen LogP contribution in [0.3, 0.4) is 0 Å². The first-order chi connectivity index (χ1) is 14.4. The number of fused-ring (bicyclic) bond motifs is 1. The molecular formula is C14H14KN5O9S3. The molecule has 0 radical (unpaired) electrons. The molecule has 1 aromatic rings. The van der Waals surface area contributed by atoms with Crippen molar-refractivity contribution in [3.63, 3.8) is 0 Å². The first-order valence-corrected chi connectivity index (χ1v) is 11.1. The number of aliphatic carboxylic acids is 1. The summed E-state index contributed by atoms with van der Waals surface area (Å²) >= 11 is 2.37. The summed E-state index contributed by atoms with van der Waals surface area (Å²) in [6.45, 7) is 3.56. The van der Waals surface area contributed by atoms with Gasteiger partial charge in [-0.2, -0.15) is 0 Å². The van der Waals surface area contributed by atoms with Gasteiger partial charge >= 0.3 is 57.4 Å². The summed E-state index contributed by atoms with van der Waals surface area (Å²) in [5.74, 6) is -2.27. The van der Waals surface area contributed by atoms with Crippen molar-refractivity contribution in [1.29, 1.82) is 0 Å². The fraction of sp³-hybridized carbons (Fsp3) is 0.214. The minimum Gasteiger partial charge on any atom is -0.726 e. The van der Waals surface area contributed by atoms with Gasteiger partial charge in [-0.15, -0.1) is 23.1 Å². The number of rotatable bonds is 5. The smallest absolute Gasteiger partial charge is 0.726 e. The number of nitrogens with one attached hydrogen (secondary N) is 1. The minimum absolute atomic E-state index is 0. The molecule has 0 aromatic carbocycles. The van der Waals surface area contributed by atoms with Gasteiger partial charge in [-0.1, -0.05) is 17.8 Å². The standard InChI is InChI=1S/C14H13N5O5S2.K.H2O4S/c1-2-5-3-25-12-8(11(21)19(12)9(5)13(22)23)17-10(20)7(18-24)6-4-26-14(15)16-6;;1-5(2,3)4/h2,4,8,12,24H,1,3H2,(H2,15,16)(H,17,20)(H,22,23);;(H2,1,2,3,4)/q;+1;/p-1/b18-7-;;/t8-,12-;;/m1../s1. The molecule has 2 amide bonds. The van der Waals surface area contributed by atoms with E-state index in [0.29, 0.717) is 11.3 Å². The van der Waals surface area contributed by atoms with Crippen LogP contribution < -0.4 is 62.4 Å². The fourth-order valence-corrected chi connectivity index (χ4v) is 4.51. The molecule has 0 unspecified atom stereocenters. The number of aromatic nitrogens is 1. The van der Waals surface area contributed by atoms with Crippen molar-refractivity contribution in [2.24, 2.45) is 5.16 Å². The van der Waals surface area contributed by atoms with Gasteiger partial charge in [-0.25, -0.2) is 18.2 Å². The van der Waals surface area contributed by atoms with Crippen molar-refractivity contribution in [2.45, 2.75) is 11.4 Å². The summed E-state index contributed by atoms with van der Waals surface area (Å²) in [5, 5.41) is 24.9. The summed E-state index contributed by atoms with van der Waals surface area (Å²) in [5.41, 5.74) is 5.49. The number of carbonyl (C=O) groups excluding carboxylic acids is 2. The third kappa shape index (κ3) is 6.82. The Morgan fingerprint density at radius 2 is 2.06 bits per heavy atom.